The number of pyridine rings is 1. The van der Waals surface area contributed by atoms with E-state index in [1.807, 2.05) is 66.1 Å². The third kappa shape index (κ3) is 2.90. The molecule has 0 aliphatic heterocycles. The topological polar surface area (TPSA) is 103 Å². The fourth-order valence-corrected chi connectivity index (χ4v) is 2.86. The van der Waals surface area contributed by atoms with Crippen LogP contribution in [-0.4, -0.2) is 40.7 Å². The molecule has 1 aromatic carbocycles. The predicted octanol–water partition coefficient (Wildman–Crippen LogP) is 1.18. The Bertz CT molecular complexity index is 1010. The Kier molecular flexibility index (Phi) is 4.10. The second-order valence-electron chi connectivity index (χ2n) is 5.82. The van der Waals surface area contributed by atoms with Crippen molar-refractivity contribution < 1.29 is 4.79 Å². The van der Waals surface area contributed by atoms with Gasteiger partial charge in [0.25, 0.3) is 0 Å². The van der Waals surface area contributed by atoms with Gasteiger partial charge in [-0.05, 0) is 35.0 Å². The lowest BCUT2D eigenvalue weighted by Gasteiger charge is -2.19. The number of hydrogen-bond acceptors (Lipinski definition) is 6. The summed E-state index contributed by atoms with van der Waals surface area (Å²) in [5, 5.41) is 22.5. The number of carbonyl (C=O) groups is 1. The molecule has 9 nitrogen and oxygen atoms in total. The third-order valence-electron chi connectivity index (χ3n) is 4.08. The summed E-state index contributed by atoms with van der Waals surface area (Å²) in [5.41, 5.74) is 1.51. The highest BCUT2D eigenvalue weighted by Crippen LogP contribution is 2.19. The molecule has 0 aliphatic carbocycles. The van der Waals surface area contributed by atoms with E-state index in [1.165, 1.54) is 11.0 Å². The van der Waals surface area contributed by atoms with E-state index in [0.717, 1.165) is 11.2 Å². The minimum atomic E-state index is -0.673. The molecule has 26 heavy (non-hydrogen) atoms. The molecular weight excluding hydrogens is 332 g/mol. The maximum atomic E-state index is 13.0. The normalized spacial score (nSPS) is 13.4. The summed E-state index contributed by atoms with van der Waals surface area (Å²) in [7, 11) is 0. The highest BCUT2D eigenvalue weighted by Gasteiger charge is 2.26. The zero-order valence-corrected chi connectivity index (χ0v) is 14.0. The molecule has 3 heterocycles. The molecule has 2 atom stereocenters. The Balaban J connectivity index is 1.62. The summed E-state index contributed by atoms with van der Waals surface area (Å²) in [4.78, 5) is 13.0. The van der Waals surface area contributed by atoms with Crippen molar-refractivity contribution in [1.29, 1.82) is 0 Å². The Morgan fingerprint density at radius 1 is 1.08 bits per heavy atom. The molecule has 0 aliphatic rings. The van der Waals surface area contributed by atoms with Crippen molar-refractivity contribution in [3.05, 3.63) is 72.4 Å². The van der Waals surface area contributed by atoms with Gasteiger partial charge in [0.05, 0.1) is 6.04 Å². The fourth-order valence-electron chi connectivity index (χ4n) is 2.86. The van der Waals surface area contributed by atoms with Gasteiger partial charge >= 0.3 is 0 Å². The number of rotatable bonds is 5. The van der Waals surface area contributed by atoms with Crippen LogP contribution in [0.15, 0.2) is 61.1 Å². The number of benzene rings is 1. The zero-order valence-electron chi connectivity index (χ0n) is 14.0. The number of nitrogens with one attached hydrogen (secondary N) is 1. The number of amides is 1. The maximum absolute atomic E-state index is 13.0. The summed E-state index contributed by atoms with van der Waals surface area (Å²) in [6.45, 7) is 1.86. The van der Waals surface area contributed by atoms with Crippen LogP contribution < -0.4 is 5.32 Å². The van der Waals surface area contributed by atoms with E-state index >= 15 is 0 Å². The second-order valence-corrected chi connectivity index (χ2v) is 5.82. The van der Waals surface area contributed by atoms with E-state index in [0.29, 0.717) is 5.82 Å². The molecule has 0 fully saturated rings. The van der Waals surface area contributed by atoms with Crippen molar-refractivity contribution in [3.63, 3.8) is 0 Å². The smallest absolute Gasteiger partial charge is 0.250 e. The molecule has 0 spiro atoms. The lowest BCUT2D eigenvalue weighted by atomic mass is 10.1. The molecule has 0 radical (unpaired) electrons. The quantitative estimate of drug-likeness (QED) is 0.581. The number of tetrazole rings is 1. The van der Waals surface area contributed by atoms with E-state index in [-0.39, 0.29) is 11.9 Å². The van der Waals surface area contributed by atoms with E-state index in [2.05, 4.69) is 31.0 Å². The van der Waals surface area contributed by atoms with Gasteiger partial charge in [-0.2, -0.15) is 0 Å². The molecule has 0 unspecified atom stereocenters. The van der Waals surface area contributed by atoms with Gasteiger partial charge in [-0.25, -0.2) is 4.68 Å². The van der Waals surface area contributed by atoms with Crippen molar-refractivity contribution in [2.45, 2.75) is 19.0 Å². The molecule has 1 amide bonds. The highest BCUT2D eigenvalue weighted by molar-refractivity contribution is 5.83. The monoisotopic (exact) mass is 348 g/mol. The fraction of sp³-hybridized carbons (Fsp3) is 0.176. The van der Waals surface area contributed by atoms with Gasteiger partial charge in [-0.15, -0.1) is 15.3 Å². The zero-order chi connectivity index (χ0) is 17.9. The van der Waals surface area contributed by atoms with Crippen LogP contribution in [0.2, 0.25) is 0 Å². The van der Waals surface area contributed by atoms with Gasteiger partial charge in [0.15, 0.2) is 17.5 Å². The van der Waals surface area contributed by atoms with E-state index in [1.54, 1.807) is 0 Å². The van der Waals surface area contributed by atoms with Crippen molar-refractivity contribution in [3.8, 4) is 0 Å². The second kappa shape index (κ2) is 6.71. The van der Waals surface area contributed by atoms with Crippen LogP contribution in [0, 0.1) is 0 Å². The van der Waals surface area contributed by atoms with Gasteiger partial charge in [0, 0.05) is 6.20 Å². The average Bonchev–Trinajstić information content (AvgIpc) is 3.32. The molecule has 0 saturated heterocycles. The van der Waals surface area contributed by atoms with Crippen LogP contribution in [0.4, 0.5) is 0 Å². The first kappa shape index (κ1) is 15.9. The van der Waals surface area contributed by atoms with Gasteiger partial charge in [-0.3, -0.25) is 9.20 Å². The summed E-state index contributed by atoms with van der Waals surface area (Å²) in [6.07, 6.45) is 3.29. The number of nitrogens with zero attached hydrogens (tertiary/aromatic N) is 7. The Morgan fingerprint density at radius 2 is 1.88 bits per heavy atom. The summed E-state index contributed by atoms with van der Waals surface area (Å²) < 4.78 is 3.28. The van der Waals surface area contributed by atoms with Gasteiger partial charge < -0.3 is 5.32 Å². The summed E-state index contributed by atoms with van der Waals surface area (Å²) >= 11 is 0. The van der Waals surface area contributed by atoms with E-state index in [4.69, 9.17) is 0 Å². The minimum absolute atomic E-state index is 0.233. The lowest BCUT2D eigenvalue weighted by Crippen LogP contribution is -2.36. The first-order chi connectivity index (χ1) is 12.7. The molecule has 4 rings (SSSR count). The van der Waals surface area contributed by atoms with Crippen molar-refractivity contribution in [2.75, 3.05) is 0 Å². The van der Waals surface area contributed by atoms with E-state index < -0.39 is 6.04 Å². The Morgan fingerprint density at radius 3 is 2.65 bits per heavy atom. The first-order valence-electron chi connectivity index (χ1n) is 8.11. The molecule has 4 aromatic rings. The number of fused-ring (bicyclic) bond motifs is 1. The van der Waals surface area contributed by atoms with Gasteiger partial charge in [-0.1, -0.05) is 36.4 Å². The van der Waals surface area contributed by atoms with Gasteiger partial charge in [0.1, 0.15) is 6.33 Å². The number of carbonyl (C=O) groups excluding carboxylic acids is 1. The highest BCUT2D eigenvalue weighted by atomic mass is 16.2. The molecule has 0 saturated carbocycles. The summed E-state index contributed by atoms with van der Waals surface area (Å²) in [5.74, 6) is 0.418. The summed E-state index contributed by atoms with van der Waals surface area (Å²) in [6, 6.07) is 14.0. The van der Waals surface area contributed by atoms with Crippen LogP contribution in [-0.2, 0) is 4.79 Å². The van der Waals surface area contributed by atoms with Crippen molar-refractivity contribution in [2.24, 2.45) is 0 Å². The van der Waals surface area contributed by atoms with Crippen LogP contribution in [0.1, 0.15) is 30.4 Å². The van der Waals surface area contributed by atoms with Crippen LogP contribution in [0.25, 0.3) is 5.65 Å². The largest absolute Gasteiger partial charge is 0.344 e. The minimum Gasteiger partial charge on any atom is -0.344 e. The number of aromatic nitrogens is 7. The van der Waals surface area contributed by atoms with E-state index in [9.17, 15) is 4.79 Å². The molecule has 130 valence electrons. The molecule has 3 aromatic heterocycles. The third-order valence-corrected chi connectivity index (χ3v) is 4.08. The Hall–Kier alpha value is -3.62. The average molecular weight is 348 g/mol. The standard InChI is InChI=1S/C17H16N8O/c1-12(16-21-20-14-9-5-6-10-24(14)16)19-17(26)15(25-11-18-22-23-25)13-7-3-2-4-8-13/h2-12,15H,1H3,(H,19,26)/t12-,15-/m1/s1. The van der Waals surface area contributed by atoms with Crippen molar-refractivity contribution >= 4 is 11.6 Å². The Labute approximate surface area is 148 Å². The van der Waals surface area contributed by atoms with Crippen LogP contribution >= 0.6 is 0 Å². The molecule has 0 bridgehead atoms. The maximum Gasteiger partial charge on any atom is 0.250 e. The first-order valence-corrected chi connectivity index (χ1v) is 8.11. The SMILES string of the molecule is C[C@@H](NC(=O)[C@@H](c1ccccc1)n1cnnn1)c1nnc2ccccn12. The lowest BCUT2D eigenvalue weighted by molar-refractivity contribution is -0.124. The number of hydrogen-bond donors (Lipinski definition) is 1. The molecule has 1 N–H and O–H groups in total. The predicted molar refractivity (Wildman–Crippen MR) is 91.9 cm³/mol. The molecule has 9 heteroatoms. The van der Waals surface area contributed by atoms with Crippen LogP contribution in [0.3, 0.4) is 0 Å². The van der Waals surface area contributed by atoms with Gasteiger partial charge in [0.2, 0.25) is 5.91 Å². The van der Waals surface area contributed by atoms with Crippen molar-refractivity contribution in [1.82, 2.24) is 40.1 Å². The molecular formula is C17H16N8O. The van der Waals surface area contributed by atoms with Crippen LogP contribution in [0.5, 0.6) is 0 Å².